The van der Waals surface area contributed by atoms with Crippen LogP contribution in [0.15, 0.2) is 18.2 Å². The van der Waals surface area contributed by atoms with Crippen molar-refractivity contribution in [3.63, 3.8) is 0 Å². The predicted molar refractivity (Wildman–Crippen MR) is 163 cm³/mol. The van der Waals surface area contributed by atoms with E-state index in [1.54, 1.807) is 7.05 Å². The van der Waals surface area contributed by atoms with Crippen molar-refractivity contribution in [2.45, 2.75) is 74.8 Å². The highest BCUT2D eigenvalue weighted by Gasteiger charge is 2.46. The number of nitrogens with zero attached hydrogens (tertiary/aromatic N) is 5. The fourth-order valence-corrected chi connectivity index (χ4v) is 9.01. The second-order valence-corrected chi connectivity index (χ2v) is 13.9. The summed E-state index contributed by atoms with van der Waals surface area (Å²) in [6.07, 6.45) is 1.86. The normalized spacial score (nSPS) is 24.3. The van der Waals surface area contributed by atoms with Crippen LogP contribution in [0.3, 0.4) is 0 Å². The number of rotatable bonds is 6. The van der Waals surface area contributed by atoms with Crippen molar-refractivity contribution < 1.29 is 26.7 Å². The van der Waals surface area contributed by atoms with E-state index in [-0.39, 0.29) is 61.3 Å². The summed E-state index contributed by atoms with van der Waals surface area (Å²) in [7, 11) is 1.79. The van der Waals surface area contributed by atoms with Gasteiger partial charge in [0, 0.05) is 41.7 Å². The molecule has 6 heterocycles. The first-order chi connectivity index (χ1) is 21.5. The topological polar surface area (TPSA) is 92.4 Å². The molecule has 8 rings (SSSR count). The number of nitrogen functional groups attached to an aromatic ring is 1. The molecule has 2 aromatic carbocycles. The lowest BCUT2D eigenvalue weighted by Gasteiger charge is -2.33. The van der Waals surface area contributed by atoms with Crippen LogP contribution in [0, 0.1) is 11.6 Å². The molecule has 0 amide bonds. The van der Waals surface area contributed by atoms with Gasteiger partial charge in [-0.15, -0.1) is 0 Å². The summed E-state index contributed by atoms with van der Waals surface area (Å²) in [5, 5.41) is 3.44. The van der Waals surface area contributed by atoms with E-state index in [2.05, 4.69) is 25.2 Å². The predicted octanol–water partition coefficient (Wildman–Crippen LogP) is 6.12. The van der Waals surface area contributed by atoms with E-state index in [1.165, 1.54) is 0 Å². The SMILES string of the molecule is CN(c1nc(OCC23CCCN2CCC3)nc2c(F)c(-c3ccc(F)c4sc(N)nc34)c(C(F)(F)F)cc12)C1CC2CC[C@@H]1N2. The molecule has 2 unspecified atom stereocenters. The molecule has 0 aliphatic carbocycles. The number of hydrogen-bond donors (Lipinski definition) is 2. The zero-order valence-electron chi connectivity index (χ0n) is 24.6. The number of anilines is 2. The molecule has 4 aliphatic rings. The summed E-state index contributed by atoms with van der Waals surface area (Å²) >= 11 is 0.790. The largest absolute Gasteiger partial charge is 0.461 e. The number of aromatic nitrogens is 3. The zero-order chi connectivity index (χ0) is 31.2. The fraction of sp³-hybridized carbons (Fsp3) is 0.516. The van der Waals surface area contributed by atoms with E-state index in [1.807, 2.05) is 4.90 Å². The Hall–Kier alpha value is -3.36. The van der Waals surface area contributed by atoms with Gasteiger partial charge in [-0.3, -0.25) is 4.90 Å². The summed E-state index contributed by atoms with van der Waals surface area (Å²) < 4.78 is 82.1. The number of thiazole rings is 1. The summed E-state index contributed by atoms with van der Waals surface area (Å²) in [6.45, 7) is 2.28. The van der Waals surface area contributed by atoms with Gasteiger partial charge in [-0.05, 0) is 76.2 Å². The monoisotopic (exact) mass is 645 g/mol. The smallest absolute Gasteiger partial charge is 0.417 e. The minimum atomic E-state index is -4.96. The van der Waals surface area contributed by atoms with Gasteiger partial charge in [-0.2, -0.15) is 23.1 Å². The number of likely N-dealkylation sites (N-methyl/N-ethyl adjacent to an activating group) is 1. The highest BCUT2D eigenvalue weighted by molar-refractivity contribution is 7.22. The summed E-state index contributed by atoms with van der Waals surface area (Å²) in [6, 6.07) is 3.36. The lowest BCUT2D eigenvalue weighted by molar-refractivity contribution is -0.137. The molecule has 4 aliphatic heterocycles. The second-order valence-electron chi connectivity index (χ2n) is 12.8. The molecular weight excluding hydrogens is 613 g/mol. The van der Waals surface area contributed by atoms with Gasteiger partial charge < -0.3 is 20.7 Å². The first-order valence-electron chi connectivity index (χ1n) is 15.4. The van der Waals surface area contributed by atoms with Crippen LogP contribution in [0.4, 0.5) is 32.9 Å². The van der Waals surface area contributed by atoms with E-state index in [9.17, 15) is 17.6 Å². The molecule has 4 fully saturated rings. The maximum Gasteiger partial charge on any atom is 0.417 e. The van der Waals surface area contributed by atoms with Crippen LogP contribution >= 0.6 is 11.3 Å². The Labute approximate surface area is 259 Å². The third-order valence-electron chi connectivity index (χ3n) is 10.4. The van der Waals surface area contributed by atoms with Gasteiger partial charge in [0.1, 0.15) is 23.8 Å². The van der Waals surface area contributed by atoms with Crippen molar-refractivity contribution in [1.82, 2.24) is 25.2 Å². The summed E-state index contributed by atoms with van der Waals surface area (Å²) in [5.74, 6) is -1.72. The molecule has 4 saturated heterocycles. The van der Waals surface area contributed by atoms with Gasteiger partial charge in [0.05, 0.1) is 21.3 Å². The number of hydrogen-bond acceptors (Lipinski definition) is 9. The van der Waals surface area contributed by atoms with Crippen molar-refractivity contribution in [1.29, 1.82) is 0 Å². The van der Waals surface area contributed by atoms with Crippen LogP contribution in [0.5, 0.6) is 6.01 Å². The standard InChI is InChI=1S/C31H32F5N7OS/c1-42(21-12-15-4-7-20(21)38-15)27-17-13-18(31(34,35)36)22(16-5-6-19(32)26-25(16)39-28(37)45-26)23(33)24(17)40-29(41-27)44-14-30-8-2-10-43(30)11-3-9-30/h5-6,13,15,20-21,38H,2-4,7-12,14H2,1H3,(H2,37,39)/t15?,20-,21?/m0/s1. The molecule has 2 bridgehead atoms. The van der Waals surface area contributed by atoms with Crippen LogP contribution in [-0.2, 0) is 6.18 Å². The van der Waals surface area contributed by atoms with E-state index in [0.29, 0.717) is 12.6 Å². The Bertz CT molecular complexity index is 1820. The molecule has 4 aromatic rings. The van der Waals surface area contributed by atoms with Crippen LogP contribution in [0.2, 0.25) is 0 Å². The first-order valence-corrected chi connectivity index (χ1v) is 16.2. The molecule has 3 atom stereocenters. The number of halogens is 5. The van der Waals surface area contributed by atoms with Crippen LogP contribution in [0.25, 0.3) is 32.2 Å². The van der Waals surface area contributed by atoms with Crippen LogP contribution < -0.4 is 20.7 Å². The van der Waals surface area contributed by atoms with E-state index in [0.717, 1.165) is 87.6 Å². The Morgan fingerprint density at radius 2 is 1.89 bits per heavy atom. The minimum Gasteiger partial charge on any atom is -0.461 e. The lowest BCUT2D eigenvalue weighted by Crippen LogP contribution is -2.43. The average molecular weight is 646 g/mol. The highest BCUT2D eigenvalue weighted by Crippen LogP contribution is 2.47. The number of fused-ring (bicyclic) bond motifs is 5. The summed E-state index contributed by atoms with van der Waals surface area (Å²) in [5.41, 5.74) is 3.02. The molecule has 8 nitrogen and oxygen atoms in total. The Balaban J connectivity index is 1.32. The number of ether oxygens (including phenoxy) is 1. The number of nitrogens with two attached hydrogens (primary N) is 1. The van der Waals surface area contributed by atoms with Crippen molar-refractivity contribution in [2.24, 2.45) is 0 Å². The Kier molecular flexibility index (Phi) is 6.67. The van der Waals surface area contributed by atoms with Crippen molar-refractivity contribution in [3.8, 4) is 17.1 Å². The van der Waals surface area contributed by atoms with Gasteiger partial charge >= 0.3 is 12.2 Å². The quantitative estimate of drug-likeness (QED) is 0.243. The third-order valence-corrected chi connectivity index (χ3v) is 11.2. The lowest BCUT2D eigenvalue weighted by atomic mass is 9.93. The molecule has 45 heavy (non-hydrogen) atoms. The molecule has 14 heteroatoms. The van der Waals surface area contributed by atoms with E-state index < -0.39 is 28.9 Å². The molecule has 0 radical (unpaired) electrons. The van der Waals surface area contributed by atoms with Crippen molar-refractivity contribution in [3.05, 3.63) is 35.4 Å². The average Bonchev–Trinajstić information content (AvgIpc) is 3.83. The molecule has 238 valence electrons. The number of benzene rings is 2. The van der Waals surface area contributed by atoms with Gasteiger partial charge in [0.25, 0.3) is 0 Å². The van der Waals surface area contributed by atoms with Crippen LogP contribution in [0.1, 0.15) is 50.5 Å². The molecular formula is C31H32F5N7OS. The Morgan fingerprint density at radius 3 is 2.58 bits per heavy atom. The van der Waals surface area contributed by atoms with Gasteiger partial charge in [-0.25, -0.2) is 13.8 Å². The van der Waals surface area contributed by atoms with Crippen molar-refractivity contribution >= 4 is 43.4 Å². The second kappa shape index (κ2) is 10.3. The molecule has 0 spiro atoms. The minimum absolute atomic E-state index is 0.0415. The number of nitrogens with one attached hydrogen (secondary N) is 1. The Morgan fingerprint density at radius 1 is 1.11 bits per heavy atom. The van der Waals surface area contributed by atoms with E-state index in [4.69, 9.17) is 10.5 Å². The maximum atomic E-state index is 16.9. The molecule has 2 aromatic heterocycles. The molecule has 0 saturated carbocycles. The zero-order valence-corrected chi connectivity index (χ0v) is 25.4. The highest BCUT2D eigenvalue weighted by atomic mass is 32.1. The fourth-order valence-electron chi connectivity index (χ4n) is 8.25. The molecule has 3 N–H and O–H groups in total. The van der Waals surface area contributed by atoms with E-state index >= 15 is 4.39 Å². The van der Waals surface area contributed by atoms with Gasteiger partial charge in [0.2, 0.25) is 0 Å². The van der Waals surface area contributed by atoms with Gasteiger partial charge in [-0.1, -0.05) is 11.3 Å². The number of alkyl halides is 3. The van der Waals surface area contributed by atoms with Gasteiger partial charge in [0.15, 0.2) is 10.9 Å². The maximum absolute atomic E-state index is 16.9. The van der Waals surface area contributed by atoms with Crippen LogP contribution in [-0.4, -0.2) is 70.3 Å². The summed E-state index contributed by atoms with van der Waals surface area (Å²) in [4.78, 5) is 17.4. The van der Waals surface area contributed by atoms with Crippen molar-refractivity contribution in [2.75, 3.05) is 37.4 Å². The third kappa shape index (κ3) is 4.62. The first kappa shape index (κ1) is 29.1.